The van der Waals surface area contributed by atoms with Crippen LogP contribution in [0.2, 0.25) is 0 Å². The number of hydrogen-bond acceptors (Lipinski definition) is 10. The van der Waals surface area contributed by atoms with E-state index >= 15 is 0 Å². The normalized spacial score (nSPS) is 19.9. The lowest BCUT2D eigenvalue weighted by Crippen LogP contribution is -2.59. The van der Waals surface area contributed by atoms with Crippen LogP contribution in [0, 0.1) is 0 Å². The summed E-state index contributed by atoms with van der Waals surface area (Å²) in [6, 6.07) is 0. The van der Waals surface area contributed by atoms with Crippen molar-refractivity contribution in [3.8, 4) is 0 Å². The van der Waals surface area contributed by atoms with Gasteiger partial charge in [0.05, 0.1) is 13.2 Å². The fraction of sp³-hybridized carbons (Fsp3) is 0.811. The van der Waals surface area contributed by atoms with Crippen LogP contribution in [0.25, 0.3) is 0 Å². The van der Waals surface area contributed by atoms with Gasteiger partial charge < -0.3 is 39.4 Å². The fourth-order valence-corrected chi connectivity index (χ4v) is 7.60. The van der Waals surface area contributed by atoms with E-state index in [1.54, 1.807) is 0 Å². The van der Waals surface area contributed by atoms with E-state index in [4.69, 9.17) is 18.9 Å². The average molecular weight is 891 g/mol. The van der Waals surface area contributed by atoms with Gasteiger partial charge in [-0.05, 0) is 77.0 Å². The molecule has 366 valence electrons. The largest absolute Gasteiger partial charge is 0.462 e. The summed E-state index contributed by atoms with van der Waals surface area (Å²) in [4.78, 5) is 25.5. The van der Waals surface area contributed by atoms with Gasteiger partial charge in [-0.1, -0.05) is 178 Å². The van der Waals surface area contributed by atoms with Crippen LogP contribution in [-0.2, 0) is 28.5 Å². The van der Waals surface area contributed by atoms with Crippen molar-refractivity contribution >= 4 is 11.9 Å². The SMILES string of the molecule is CCCCC/C=C/C/C=C/CCCCCCCCCCCC(=O)OC[C@@H](CO[C@H]1O[C@@H](CO)[C@@H](O)C(O)C1O)OC(=O)CCCCCCCCCCC/C=C/C/C=C/CCCCC. The molecular weight excluding hydrogens is 797 g/mol. The van der Waals surface area contributed by atoms with Crippen molar-refractivity contribution < 1.29 is 49.0 Å². The zero-order chi connectivity index (χ0) is 45.9. The molecule has 1 rings (SSSR count). The molecule has 4 N–H and O–H groups in total. The molecular formula is C53H94O10. The average Bonchev–Trinajstić information content (AvgIpc) is 3.28. The summed E-state index contributed by atoms with van der Waals surface area (Å²) in [7, 11) is 0. The zero-order valence-electron chi connectivity index (χ0n) is 40.1. The predicted octanol–water partition coefficient (Wildman–Crippen LogP) is 12.0. The molecule has 1 saturated heterocycles. The van der Waals surface area contributed by atoms with Gasteiger partial charge in [0.15, 0.2) is 12.4 Å². The molecule has 0 aromatic heterocycles. The van der Waals surface area contributed by atoms with Crippen LogP contribution in [0.15, 0.2) is 48.6 Å². The van der Waals surface area contributed by atoms with E-state index in [1.165, 1.54) is 116 Å². The number of esters is 2. The van der Waals surface area contributed by atoms with Gasteiger partial charge in [0.2, 0.25) is 0 Å². The number of ether oxygens (including phenoxy) is 4. The van der Waals surface area contributed by atoms with E-state index in [9.17, 15) is 30.0 Å². The molecule has 10 nitrogen and oxygen atoms in total. The minimum Gasteiger partial charge on any atom is -0.462 e. The number of aliphatic hydroxyl groups excluding tert-OH is 4. The molecule has 0 aromatic rings. The number of allylic oxidation sites excluding steroid dienone is 8. The van der Waals surface area contributed by atoms with Crippen LogP contribution in [0.4, 0.5) is 0 Å². The topological polar surface area (TPSA) is 152 Å². The minimum atomic E-state index is -1.60. The maximum atomic E-state index is 12.8. The van der Waals surface area contributed by atoms with Crippen molar-refractivity contribution in [3.05, 3.63) is 48.6 Å². The van der Waals surface area contributed by atoms with Crippen LogP contribution < -0.4 is 0 Å². The third kappa shape index (κ3) is 34.6. The maximum Gasteiger partial charge on any atom is 0.306 e. The number of unbranched alkanes of at least 4 members (excludes halogenated alkanes) is 24. The van der Waals surface area contributed by atoms with E-state index in [2.05, 4.69) is 62.5 Å². The van der Waals surface area contributed by atoms with E-state index in [-0.39, 0.29) is 32.0 Å². The lowest BCUT2D eigenvalue weighted by Gasteiger charge is -2.39. The van der Waals surface area contributed by atoms with Crippen LogP contribution in [-0.4, -0.2) is 89.0 Å². The molecule has 0 aliphatic carbocycles. The second-order valence-corrected chi connectivity index (χ2v) is 17.6. The van der Waals surface area contributed by atoms with Gasteiger partial charge in [-0.3, -0.25) is 9.59 Å². The molecule has 1 fully saturated rings. The summed E-state index contributed by atoms with van der Waals surface area (Å²) in [6.07, 6.45) is 45.4. The minimum absolute atomic E-state index is 0.221. The van der Waals surface area contributed by atoms with Crippen LogP contribution in [0.1, 0.15) is 219 Å². The molecule has 0 bridgehead atoms. The summed E-state index contributed by atoms with van der Waals surface area (Å²) in [5.74, 6) is -0.812. The van der Waals surface area contributed by atoms with Crippen molar-refractivity contribution in [1.82, 2.24) is 0 Å². The Bertz CT molecular complexity index is 1170. The molecule has 1 aliphatic rings. The molecule has 1 heterocycles. The lowest BCUT2D eigenvalue weighted by atomic mass is 9.99. The van der Waals surface area contributed by atoms with Crippen LogP contribution >= 0.6 is 0 Å². The zero-order valence-corrected chi connectivity index (χ0v) is 40.1. The Labute approximate surface area is 384 Å². The van der Waals surface area contributed by atoms with Gasteiger partial charge in [-0.2, -0.15) is 0 Å². The summed E-state index contributed by atoms with van der Waals surface area (Å²) in [5.41, 5.74) is 0. The quantitative estimate of drug-likeness (QED) is 0.0264. The predicted molar refractivity (Wildman–Crippen MR) is 256 cm³/mol. The molecule has 0 radical (unpaired) electrons. The first-order valence-corrected chi connectivity index (χ1v) is 25.7. The first-order valence-electron chi connectivity index (χ1n) is 25.7. The molecule has 0 spiro atoms. The number of hydrogen-bond donors (Lipinski definition) is 4. The van der Waals surface area contributed by atoms with Gasteiger partial charge in [0, 0.05) is 12.8 Å². The summed E-state index contributed by atoms with van der Waals surface area (Å²) >= 11 is 0. The van der Waals surface area contributed by atoms with Gasteiger partial charge in [0.25, 0.3) is 0 Å². The maximum absolute atomic E-state index is 12.8. The second-order valence-electron chi connectivity index (χ2n) is 17.6. The number of rotatable bonds is 43. The van der Waals surface area contributed by atoms with Gasteiger partial charge in [0.1, 0.15) is 31.0 Å². The Hall–Kier alpha value is -2.34. The smallest absolute Gasteiger partial charge is 0.306 e. The van der Waals surface area contributed by atoms with E-state index < -0.39 is 49.4 Å². The summed E-state index contributed by atoms with van der Waals surface area (Å²) < 4.78 is 22.2. The Morgan fingerprint density at radius 1 is 0.492 bits per heavy atom. The monoisotopic (exact) mass is 891 g/mol. The highest BCUT2D eigenvalue weighted by Crippen LogP contribution is 2.23. The molecule has 63 heavy (non-hydrogen) atoms. The molecule has 6 atom stereocenters. The van der Waals surface area contributed by atoms with Crippen molar-refractivity contribution in [2.75, 3.05) is 19.8 Å². The van der Waals surface area contributed by atoms with Gasteiger partial charge in [-0.25, -0.2) is 0 Å². The highest BCUT2D eigenvalue weighted by atomic mass is 16.7. The number of carbonyl (C=O) groups is 2. The number of carbonyl (C=O) groups excluding carboxylic acids is 2. The lowest BCUT2D eigenvalue weighted by molar-refractivity contribution is -0.305. The standard InChI is InChI=1S/C53H94O10/c1-3-5-7-9-11-13-15-17-19-21-23-25-27-29-31-33-35-37-39-41-48(55)60-44-46(45-61-53-52(59)51(58)50(57)47(43-54)63-53)62-49(56)42-40-38-36-34-32-30-28-26-24-22-20-18-16-14-12-10-8-6-4-2/h11-14,17-20,46-47,50-54,57-59H,3-10,15-16,21-45H2,1-2H3/b13-11+,14-12+,19-17+,20-18+/t46-,47-,50+,51?,52?,53-/m0/s1. The van der Waals surface area contributed by atoms with E-state index in [1.807, 2.05) is 0 Å². The third-order valence-electron chi connectivity index (χ3n) is 11.7. The van der Waals surface area contributed by atoms with Crippen molar-refractivity contribution in [2.45, 2.75) is 256 Å². The van der Waals surface area contributed by atoms with Crippen LogP contribution in [0.3, 0.4) is 0 Å². The van der Waals surface area contributed by atoms with Crippen molar-refractivity contribution in [1.29, 1.82) is 0 Å². The van der Waals surface area contributed by atoms with Gasteiger partial charge in [-0.15, -0.1) is 0 Å². The third-order valence-corrected chi connectivity index (χ3v) is 11.7. The molecule has 0 amide bonds. The Kier molecular flexibility index (Phi) is 40.6. The van der Waals surface area contributed by atoms with E-state index in [0.29, 0.717) is 6.42 Å². The fourth-order valence-electron chi connectivity index (χ4n) is 7.60. The first-order chi connectivity index (χ1) is 30.8. The Balaban J connectivity index is 2.27. The van der Waals surface area contributed by atoms with Crippen molar-refractivity contribution in [2.24, 2.45) is 0 Å². The van der Waals surface area contributed by atoms with Crippen LogP contribution in [0.5, 0.6) is 0 Å². The van der Waals surface area contributed by atoms with Crippen molar-refractivity contribution in [3.63, 3.8) is 0 Å². The second kappa shape index (κ2) is 43.5. The Morgan fingerprint density at radius 3 is 1.32 bits per heavy atom. The first kappa shape index (κ1) is 58.7. The summed E-state index contributed by atoms with van der Waals surface area (Å²) in [5, 5.41) is 40.2. The molecule has 0 aromatic carbocycles. The van der Waals surface area contributed by atoms with E-state index in [0.717, 1.165) is 70.6 Å². The molecule has 10 heteroatoms. The summed E-state index contributed by atoms with van der Waals surface area (Å²) in [6.45, 7) is 3.39. The van der Waals surface area contributed by atoms with Gasteiger partial charge >= 0.3 is 11.9 Å². The highest BCUT2D eigenvalue weighted by molar-refractivity contribution is 5.70. The molecule has 1 aliphatic heterocycles. The molecule has 0 saturated carbocycles. The Morgan fingerprint density at radius 2 is 0.889 bits per heavy atom. The number of aliphatic hydroxyl groups is 4. The molecule has 2 unspecified atom stereocenters. The highest BCUT2D eigenvalue weighted by Gasteiger charge is 2.44.